The van der Waals surface area contributed by atoms with Crippen LogP contribution in [0.4, 0.5) is 5.13 Å². The molecule has 0 fully saturated rings. The van der Waals surface area contributed by atoms with Crippen molar-refractivity contribution >= 4 is 22.7 Å². The third-order valence-corrected chi connectivity index (χ3v) is 4.79. The summed E-state index contributed by atoms with van der Waals surface area (Å²) in [5, 5.41) is 7.07. The molecule has 0 bridgehead atoms. The van der Waals surface area contributed by atoms with Crippen LogP contribution in [0.1, 0.15) is 17.0 Å². The van der Waals surface area contributed by atoms with E-state index < -0.39 is 0 Å². The minimum absolute atomic E-state index is 0.774. The highest BCUT2D eigenvalue weighted by atomic mass is 32.1. The quantitative estimate of drug-likeness (QED) is 0.559. The lowest BCUT2D eigenvalue weighted by Gasteiger charge is -2.00. The zero-order chi connectivity index (χ0) is 17.1. The minimum Gasteiger partial charge on any atom is -0.497 e. The summed E-state index contributed by atoms with van der Waals surface area (Å²) in [6, 6.07) is 9.88. The number of benzene rings is 1. The Morgan fingerprint density at radius 3 is 2.62 bits per heavy atom. The first-order valence-corrected chi connectivity index (χ1v) is 8.48. The van der Waals surface area contributed by atoms with Gasteiger partial charge in [-0.05, 0) is 49.7 Å². The summed E-state index contributed by atoms with van der Waals surface area (Å²) in [6.45, 7) is 4.21. The number of hydrazone groups is 1. The average Bonchev–Trinajstić information content (AvgIpc) is 3.16. The van der Waals surface area contributed by atoms with Gasteiger partial charge in [0.1, 0.15) is 5.75 Å². The van der Waals surface area contributed by atoms with Crippen molar-refractivity contribution < 1.29 is 4.74 Å². The summed E-state index contributed by atoms with van der Waals surface area (Å²) in [7, 11) is 3.72. The fourth-order valence-corrected chi connectivity index (χ4v) is 3.07. The molecule has 6 heteroatoms. The van der Waals surface area contributed by atoms with Crippen molar-refractivity contribution in [3.63, 3.8) is 0 Å². The van der Waals surface area contributed by atoms with Gasteiger partial charge in [0.25, 0.3) is 0 Å². The van der Waals surface area contributed by atoms with Crippen LogP contribution in [-0.4, -0.2) is 22.9 Å². The van der Waals surface area contributed by atoms with Gasteiger partial charge in [-0.15, -0.1) is 11.3 Å². The molecule has 3 aromatic rings. The van der Waals surface area contributed by atoms with Gasteiger partial charge in [-0.1, -0.05) is 0 Å². The second-order valence-corrected chi connectivity index (χ2v) is 6.38. The molecule has 0 spiro atoms. The largest absolute Gasteiger partial charge is 0.497 e. The Bertz CT molecular complexity index is 862. The second-order valence-electron chi connectivity index (χ2n) is 5.52. The maximum atomic E-state index is 5.14. The highest BCUT2D eigenvalue weighted by Crippen LogP contribution is 2.29. The Labute approximate surface area is 145 Å². The van der Waals surface area contributed by atoms with Crippen LogP contribution in [0, 0.1) is 13.8 Å². The summed E-state index contributed by atoms with van der Waals surface area (Å²) in [5.41, 5.74) is 8.57. The van der Waals surface area contributed by atoms with Crippen molar-refractivity contribution in [1.82, 2.24) is 9.55 Å². The van der Waals surface area contributed by atoms with Crippen molar-refractivity contribution in [3.05, 3.63) is 52.7 Å². The number of nitrogens with one attached hydrogen (secondary N) is 1. The first-order chi connectivity index (χ1) is 11.6. The van der Waals surface area contributed by atoms with Crippen LogP contribution < -0.4 is 10.2 Å². The fraction of sp³-hybridized carbons (Fsp3) is 0.222. The van der Waals surface area contributed by atoms with Crippen LogP contribution in [0.5, 0.6) is 5.75 Å². The smallest absolute Gasteiger partial charge is 0.203 e. The standard InChI is InChI=1S/C18H20N4OS/c1-12-9-16(13(2)22(12)3)17-11-24-18(20-17)21-19-10-14-5-7-15(23-4)8-6-14/h5-11H,1-4H3,(H,20,21)/b19-10-. The summed E-state index contributed by atoms with van der Waals surface area (Å²) >= 11 is 1.54. The Balaban J connectivity index is 1.69. The predicted octanol–water partition coefficient (Wildman–Crippen LogP) is 4.22. The molecule has 1 aromatic carbocycles. The molecule has 2 aromatic heterocycles. The Hall–Kier alpha value is -2.60. The van der Waals surface area contributed by atoms with Gasteiger partial charge in [0.2, 0.25) is 5.13 Å². The summed E-state index contributed by atoms with van der Waals surface area (Å²) in [6.07, 6.45) is 1.76. The van der Waals surface area contributed by atoms with Crippen LogP contribution in [0.25, 0.3) is 11.3 Å². The van der Waals surface area contributed by atoms with Gasteiger partial charge < -0.3 is 9.30 Å². The predicted molar refractivity (Wildman–Crippen MR) is 100 cm³/mol. The Morgan fingerprint density at radius 1 is 1.25 bits per heavy atom. The van der Waals surface area contributed by atoms with Crippen LogP contribution >= 0.6 is 11.3 Å². The van der Waals surface area contributed by atoms with Gasteiger partial charge in [0.15, 0.2) is 0 Å². The molecule has 0 aliphatic carbocycles. The number of aryl methyl sites for hydroxylation is 1. The molecule has 0 radical (unpaired) electrons. The molecule has 5 nitrogen and oxygen atoms in total. The van der Waals surface area contributed by atoms with Gasteiger partial charge in [0.05, 0.1) is 19.0 Å². The molecule has 3 rings (SSSR count). The molecule has 1 N–H and O–H groups in total. The number of methoxy groups -OCH3 is 1. The molecule has 0 unspecified atom stereocenters. The van der Waals surface area contributed by atoms with E-state index in [4.69, 9.17) is 4.74 Å². The second kappa shape index (κ2) is 6.88. The maximum absolute atomic E-state index is 5.14. The SMILES string of the molecule is COc1ccc(/C=N\Nc2nc(-c3cc(C)n(C)c3C)cs2)cc1. The number of hydrogen-bond donors (Lipinski definition) is 1. The van der Waals surface area contributed by atoms with Crippen LogP contribution in [0.3, 0.4) is 0 Å². The first kappa shape index (κ1) is 16.3. The maximum Gasteiger partial charge on any atom is 0.203 e. The average molecular weight is 340 g/mol. The molecule has 0 aliphatic heterocycles. The summed E-state index contributed by atoms with van der Waals surface area (Å²) in [5.74, 6) is 0.832. The van der Waals surface area contributed by atoms with Crippen LogP contribution in [-0.2, 0) is 7.05 Å². The van der Waals surface area contributed by atoms with E-state index in [0.29, 0.717) is 0 Å². The van der Waals surface area contributed by atoms with Gasteiger partial charge in [-0.2, -0.15) is 5.10 Å². The number of anilines is 1. The molecule has 0 aliphatic rings. The molecule has 0 atom stereocenters. The molecular weight excluding hydrogens is 320 g/mol. The lowest BCUT2D eigenvalue weighted by molar-refractivity contribution is 0.415. The number of rotatable bonds is 5. The molecular formula is C18H20N4OS. The normalized spacial score (nSPS) is 11.2. The van der Waals surface area contributed by atoms with E-state index in [0.717, 1.165) is 22.1 Å². The van der Waals surface area contributed by atoms with Gasteiger partial charge in [-0.25, -0.2) is 4.98 Å². The van der Waals surface area contributed by atoms with E-state index in [-0.39, 0.29) is 0 Å². The van der Waals surface area contributed by atoms with Gasteiger partial charge in [0, 0.05) is 29.4 Å². The third kappa shape index (κ3) is 3.33. The number of hydrogen-bond acceptors (Lipinski definition) is 5. The highest BCUT2D eigenvalue weighted by Gasteiger charge is 2.11. The van der Waals surface area contributed by atoms with Crippen molar-refractivity contribution in [1.29, 1.82) is 0 Å². The fourth-order valence-electron chi connectivity index (χ4n) is 2.42. The van der Waals surface area contributed by atoms with E-state index in [1.54, 1.807) is 24.7 Å². The number of thiazole rings is 1. The topological polar surface area (TPSA) is 51.4 Å². The van der Waals surface area contributed by atoms with Gasteiger partial charge in [-0.3, -0.25) is 5.43 Å². The van der Waals surface area contributed by atoms with E-state index in [1.807, 2.05) is 29.6 Å². The zero-order valence-corrected chi connectivity index (χ0v) is 15.0. The van der Waals surface area contributed by atoms with Crippen molar-refractivity contribution in [2.75, 3.05) is 12.5 Å². The third-order valence-electron chi connectivity index (χ3n) is 4.04. The lowest BCUT2D eigenvalue weighted by atomic mass is 10.2. The molecule has 2 heterocycles. The Morgan fingerprint density at radius 2 is 2.00 bits per heavy atom. The molecule has 0 saturated heterocycles. The summed E-state index contributed by atoms with van der Waals surface area (Å²) < 4.78 is 7.31. The van der Waals surface area contributed by atoms with Crippen LogP contribution in [0.2, 0.25) is 0 Å². The van der Waals surface area contributed by atoms with E-state index >= 15 is 0 Å². The lowest BCUT2D eigenvalue weighted by Crippen LogP contribution is -1.93. The van der Waals surface area contributed by atoms with E-state index in [1.165, 1.54) is 17.0 Å². The Kier molecular flexibility index (Phi) is 4.66. The number of ether oxygens (including phenoxy) is 1. The highest BCUT2D eigenvalue weighted by molar-refractivity contribution is 7.14. The number of aromatic nitrogens is 2. The van der Waals surface area contributed by atoms with Crippen molar-refractivity contribution in [2.45, 2.75) is 13.8 Å². The van der Waals surface area contributed by atoms with Crippen molar-refractivity contribution in [2.24, 2.45) is 12.1 Å². The van der Waals surface area contributed by atoms with Crippen molar-refractivity contribution in [3.8, 4) is 17.0 Å². The minimum atomic E-state index is 0.774. The van der Waals surface area contributed by atoms with Crippen LogP contribution in [0.15, 0.2) is 40.8 Å². The molecule has 124 valence electrons. The monoisotopic (exact) mass is 340 g/mol. The molecule has 0 saturated carbocycles. The molecule has 24 heavy (non-hydrogen) atoms. The number of nitrogens with zero attached hydrogens (tertiary/aromatic N) is 3. The summed E-state index contributed by atoms with van der Waals surface area (Å²) in [4.78, 5) is 4.61. The first-order valence-electron chi connectivity index (χ1n) is 7.60. The molecule has 0 amide bonds. The van der Waals surface area contributed by atoms with E-state index in [9.17, 15) is 0 Å². The van der Waals surface area contributed by atoms with Gasteiger partial charge >= 0.3 is 0 Å². The van der Waals surface area contributed by atoms with E-state index in [2.05, 4.69) is 47.0 Å². The zero-order valence-electron chi connectivity index (χ0n) is 14.2.